The minimum atomic E-state index is 0. The zero-order valence-electron chi connectivity index (χ0n) is 12.8. The zero-order chi connectivity index (χ0) is 12.6. The second-order valence-electron chi connectivity index (χ2n) is 4.87. The largest absolute Gasteiger partial charge is 1.00 e. The topological polar surface area (TPSA) is 30.3 Å². The van der Waals surface area contributed by atoms with Gasteiger partial charge in [0.05, 0.1) is 0 Å². The first-order chi connectivity index (χ1) is 7.62. The van der Waals surface area contributed by atoms with Crippen LogP contribution < -0.4 is 51.4 Å². The summed E-state index contributed by atoms with van der Waals surface area (Å²) in [6.07, 6.45) is 2.60. The van der Waals surface area contributed by atoms with E-state index >= 15 is 0 Å². The molecule has 0 unspecified atom stereocenters. The number of hydrogen-bond acceptors (Lipinski definition) is 2. The fourth-order valence-corrected chi connectivity index (χ4v) is 2.24. The van der Waals surface area contributed by atoms with Crippen molar-refractivity contribution in [3.05, 3.63) is 5.73 Å². The Bertz CT molecular complexity index is 168. The molecule has 3 nitrogen and oxygen atoms in total. The van der Waals surface area contributed by atoms with Gasteiger partial charge in [0, 0.05) is 13.1 Å². The quantitative estimate of drug-likeness (QED) is 0.621. The number of likely N-dealkylation sites (tertiary alicyclic amines) is 1. The van der Waals surface area contributed by atoms with E-state index in [1.54, 1.807) is 0 Å². The van der Waals surface area contributed by atoms with E-state index in [1.165, 1.54) is 32.5 Å². The molecule has 1 fully saturated rings. The summed E-state index contributed by atoms with van der Waals surface area (Å²) in [6.45, 7) is 11.4. The molecule has 0 aromatic rings. The van der Waals surface area contributed by atoms with Crippen LogP contribution in [0.15, 0.2) is 0 Å². The van der Waals surface area contributed by atoms with Crippen LogP contribution in [0.5, 0.6) is 0 Å². The van der Waals surface area contributed by atoms with Gasteiger partial charge < -0.3 is 15.5 Å². The van der Waals surface area contributed by atoms with E-state index in [-0.39, 0.29) is 51.4 Å². The van der Waals surface area contributed by atoms with E-state index in [0.29, 0.717) is 12.0 Å². The van der Waals surface area contributed by atoms with Gasteiger partial charge in [-0.1, -0.05) is 20.8 Å². The molecule has 0 aliphatic carbocycles. The Morgan fingerprint density at radius 1 is 1.24 bits per heavy atom. The molecule has 0 aromatic carbocycles. The van der Waals surface area contributed by atoms with Crippen molar-refractivity contribution in [1.29, 1.82) is 0 Å². The summed E-state index contributed by atoms with van der Waals surface area (Å²) in [4.78, 5) is 4.68. The van der Waals surface area contributed by atoms with Gasteiger partial charge in [-0.15, -0.1) is 6.54 Å². The van der Waals surface area contributed by atoms with Crippen LogP contribution in [0.3, 0.4) is 0 Å². The summed E-state index contributed by atoms with van der Waals surface area (Å²) in [7, 11) is 4.28. The molecule has 1 rings (SSSR count). The third kappa shape index (κ3) is 7.63. The molecule has 0 saturated carbocycles. The number of rotatable bonds is 6. The maximum absolute atomic E-state index is 7.18. The van der Waals surface area contributed by atoms with Gasteiger partial charge in [-0.25, -0.2) is 0 Å². The second kappa shape index (κ2) is 11.4. The fourth-order valence-electron chi connectivity index (χ4n) is 2.24. The van der Waals surface area contributed by atoms with Gasteiger partial charge in [0.1, 0.15) is 0 Å². The van der Waals surface area contributed by atoms with Gasteiger partial charge in [-0.3, -0.25) is 0 Å². The van der Waals surface area contributed by atoms with Gasteiger partial charge in [0.2, 0.25) is 0 Å². The van der Waals surface area contributed by atoms with Crippen molar-refractivity contribution in [3.63, 3.8) is 0 Å². The summed E-state index contributed by atoms with van der Waals surface area (Å²) in [5.41, 5.74) is 7.75. The fraction of sp³-hybridized carbons (Fsp3) is 1.00. The zero-order valence-corrected chi connectivity index (χ0v) is 16.0. The molecule has 1 aliphatic heterocycles. The van der Waals surface area contributed by atoms with E-state index in [4.69, 9.17) is 5.73 Å². The smallest absolute Gasteiger partial charge is 0.676 e. The van der Waals surface area contributed by atoms with Crippen LogP contribution in [0.4, 0.5) is 0 Å². The molecular weight excluding hydrogens is 237 g/mol. The SMILES string of the molecule is CC.CCC1(CCN(C)C)CN(CC[NH-])C1.[K+]. The second-order valence-corrected chi connectivity index (χ2v) is 4.87. The molecule has 0 radical (unpaired) electrons. The van der Waals surface area contributed by atoms with Crippen molar-refractivity contribution in [2.75, 3.05) is 46.8 Å². The third-order valence-corrected chi connectivity index (χ3v) is 3.39. The van der Waals surface area contributed by atoms with Gasteiger partial charge >= 0.3 is 51.4 Å². The molecule has 4 heteroatoms. The van der Waals surface area contributed by atoms with Crippen LogP contribution in [0.1, 0.15) is 33.6 Å². The van der Waals surface area contributed by atoms with Crippen LogP contribution in [-0.4, -0.2) is 56.6 Å². The Morgan fingerprint density at radius 2 is 1.76 bits per heavy atom. The summed E-state index contributed by atoms with van der Waals surface area (Å²) in [6, 6.07) is 0. The molecule has 0 aromatic heterocycles. The Morgan fingerprint density at radius 3 is 2.12 bits per heavy atom. The maximum atomic E-state index is 7.18. The number of hydrogen-bond donors (Lipinski definition) is 0. The molecule has 1 aliphatic rings. The van der Waals surface area contributed by atoms with Gasteiger partial charge in [-0.05, 0) is 45.4 Å². The number of nitrogens with zero attached hydrogens (tertiary/aromatic N) is 2. The minimum Gasteiger partial charge on any atom is -0.676 e. The van der Waals surface area contributed by atoms with Crippen molar-refractivity contribution >= 4 is 0 Å². The van der Waals surface area contributed by atoms with E-state index < -0.39 is 0 Å². The molecule has 1 heterocycles. The van der Waals surface area contributed by atoms with E-state index in [9.17, 15) is 0 Å². The van der Waals surface area contributed by atoms with Gasteiger partial charge in [0.25, 0.3) is 0 Å². The minimum absolute atomic E-state index is 0. The van der Waals surface area contributed by atoms with Gasteiger partial charge in [0.15, 0.2) is 0 Å². The Balaban J connectivity index is 0. The predicted octanol–water partition coefficient (Wildman–Crippen LogP) is -0.267. The van der Waals surface area contributed by atoms with E-state index in [2.05, 4.69) is 30.8 Å². The summed E-state index contributed by atoms with van der Waals surface area (Å²) in [5, 5.41) is 0. The van der Waals surface area contributed by atoms with E-state index in [1.807, 2.05) is 13.8 Å². The maximum Gasteiger partial charge on any atom is 1.00 e. The summed E-state index contributed by atoms with van der Waals surface area (Å²) < 4.78 is 0. The van der Waals surface area contributed by atoms with Crippen LogP contribution in [0.2, 0.25) is 0 Å². The molecule has 1 saturated heterocycles. The summed E-state index contributed by atoms with van der Waals surface area (Å²) in [5.74, 6) is 0. The molecule has 0 atom stereocenters. The monoisotopic (exact) mass is 267 g/mol. The molecule has 17 heavy (non-hydrogen) atoms. The van der Waals surface area contributed by atoms with Crippen molar-refractivity contribution in [2.24, 2.45) is 5.41 Å². The summed E-state index contributed by atoms with van der Waals surface area (Å²) >= 11 is 0. The average molecular weight is 268 g/mol. The Labute approximate surface area is 151 Å². The van der Waals surface area contributed by atoms with Gasteiger partial charge in [-0.2, -0.15) is 0 Å². The first-order valence-corrected chi connectivity index (χ1v) is 6.63. The van der Waals surface area contributed by atoms with Crippen molar-refractivity contribution < 1.29 is 51.4 Å². The number of nitrogens with one attached hydrogen (secondary N) is 1. The standard InChI is InChI=1S/C11H24N3.C2H6.K/c1-4-11(5-7-13(2)3)9-14(10-11)8-6-12;1-2;/h12H,4-10H2,1-3H3;1-2H3;/q-1;;+1. The molecule has 0 spiro atoms. The predicted molar refractivity (Wildman–Crippen MR) is 72.9 cm³/mol. The normalized spacial score (nSPS) is 17.8. The third-order valence-electron chi connectivity index (χ3n) is 3.39. The van der Waals surface area contributed by atoms with Crippen LogP contribution in [-0.2, 0) is 0 Å². The molecule has 1 N–H and O–H groups in total. The molecule has 0 bridgehead atoms. The van der Waals surface area contributed by atoms with Crippen molar-refractivity contribution in [1.82, 2.24) is 9.80 Å². The first kappa shape index (κ1) is 20.8. The Kier molecular flexibility index (Phi) is 13.9. The molecule has 0 amide bonds. The molecule has 98 valence electrons. The van der Waals surface area contributed by atoms with Crippen molar-refractivity contribution in [3.8, 4) is 0 Å². The van der Waals surface area contributed by atoms with Crippen LogP contribution in [0.25, 0.3) is 5.73 Å². The average Bonchev–Trinajstić information content (AvgIpc) is 2.24. The first-order valence-electron chi connectivity index (χ1n) is 6.63. The van der Waals surface area contributed by atoms with Crippen LogP contribution >= 0.6 is 0 Å². The Hall–Kier alpha value is 1.52. The van der Waals surface area contributed by atoms with Crippen molar-refractivity contribution in [2.45, 2.75) is 33.6 Å². The van der Waals surface area contributed by atoms with Crippen LogP contribution in [0, 0.1) is 5.41 Å². The molecular formula is C13H30KN3. The van der Waals surface area contributed by atoms with E-state index in [0.717, 1.165) is 6.54 Å².